The van der Waals surface area contributed by atoms with Gasteiger partial charge < -0.3 is 15.0 Å². The number of ether oxygens (including phenoxy) is 1. The van der Waals surface area contributed by atoms with Crippen LogP contribution in [0.15, 0.2) is 67.3 Å². The summed E-state index contributed by atoms with van der Waals surface area (Å²) >= 11 is 0. The van der Waals surface area contributed by atoms with E-state index in [9.17, 15) is 4.79 Å². The molecular formula is C24H26N2O2. The number of nitrogens with one attached hydrogen (secondary N) is 1. The number of para-hydroxylation sites is 2. The van der Waals surface area contributed by atoms with Crippen molar-refractivity contribution in [2.75, 3.05) is 18.1 Å². The number of benzene rings is 2. The maximum absolute atomic E-state index is 12.5. The van der Waals surface area contributed by atoms with Crippen molar-refractivity contribution < 1.29 is 9.53 Å². The lowest BCUT2D eigenvalue weighted by Crippen LogP contribution is -2.68. The normalized spacial score (nSPS) is 22.5. The second kappa shape index (κ2) is 6.86. The number of hydrogen-bond acceptors (Lipinski definition) is 3. The molecule has 1 N–H and O–H groups in total. The highest BCUT2D eigenvalue weighted by Gasteiger charge is 2.57. The molecule has 2 aromatic rings. The van der Waals surface area contributed by atoms with Crippen molar-refractivity contribution in [1.29, 1.82) is 0 Å². The summed E-state index contributed by atoms with van der Waals surface area (Å²) in [6.07, 6.45) is 6.42. The first-order chi connectivity index (χ1) is 13.5. The summed E-state index contributed by atoms with van der Waals surface area (Å²) in [6, 6.07) is 16.4. The predicted molar refractivity (Wildman–Crippen MR) is 113 cm³/mol. The van der Waals surface area contributed by atoms with Gasteiger partial charge in [-0.05, 0) is 23.8 Å². The molecule has 144 valence electrons. The predicted octanol–water partition coefficient (Wildman–Crippen LogP) is 4.28. The number of anilines is 1. The molecule has 1 saturated heterocycles. The Morgan fingerprint density at radius 1 is 1.18 bits per heavy atom. The van der Waals surface area contributed by atoms with Gasteiger partial charge in [0.05, 0.1) is 0 Å². The summed E-state index contributed by atoms with van der Waals surface area (Å²) in [4.78, 5) is 14.8. The smallest absolute Gasteiger partial charge is 0.223 e. The number of amides is 1. The van der Waals surface area contributed by atoms with E-state index in [0.29, 0.717) is 19.6 Å². The van der Waals surface area contributed by atoms with Crippen molar-refractivity contribution in [3.8, 4) is 5.75 Å². The van der Waals surface area contributed by atoms with Gasteiger partial charge in [-0.25, -0.2) is 0 Å². The van der Waals surface area contributed by atoms with Crippen LogP contribution < -0.4 is 15.0 Å². The average molecular weight is 374 g/mol. The molecule has 28 heavy (non-hydrogen) atoms. The molecule has 0 aliphatic carbocycles. The van der Waals surface area contributed by atoms with Crippen LogP contribution in [0.2, 0.25) is 0 Å². The lowest BCUT2D eigenvalue weighted by molar-refractivity contribution is -0.124. The first-order valence-corrected chi connectivity index (χ1v) is 9.70. The van der Waals surface area contributed by atoms with Crippen LogP contribution in [-0.4, -0.2) is 24.7 Å². The Morgan fingerprint density at radius 2 is 1.93 bits per heavy atom. The maximum atomic E-state index is 12.5. The Balaban J connectivity index is 1.79. The van der Waals surface area contributed by atoms with Crippen LogP contribution in [-0.2, 0) is 10.2 Å². The fraction of sp³-hybridized carbons (Fsp3) is 0.292. The van der Waals surface area contributed by atoms with Gasteiger partial charge in [-0.1, -0.05) is 69.0 Å². The zero-order valence-corrected chi connectivity index (χ0v) is 16.4. The van der Waals surface area contributed by atoms with Gasteiger partial charge in [-0.3, -0.25) is 4.79 Å². The van der Waals surface area contributed by atoms with Crippen molar-refractivity contribution >= 4 is 17.7 Å². The van der Waals surface area contributed by atoms with Crippen LogP contribution >= 0.6 is 0 Å². The van der Waals surface area contributed by atoms with Crippen LogP contribution in [0.25, 0.3) is 6.08 Å². The third kappa shape index (κ3) is 2.71. The molecule has 0 spiro atoms. The highest BCUT2D eigenvalue weighted by molar-refractivity contribution is 5.84. The molecule has 1 amide bonds. The van der Waals surface area contributed by atoms with Crippen LogP contribution in [0.3, 0.4) is 0 Å². The van der Waals surface area contributed by atoms with E-state index in [4.69, 9.17) is 4.74 Å². The van der Waals surface area contributed by atoms with Crippen LogP contribution in [0.4, 0.5) is 5.69 Å². The highest BCUT2D eigenvalue weighted by Crippen LogP contribution is 2.52. The van der Waals surface area contributed by atoms with Gasteiger partial charge in [0.2, 0.25) is 5.91 Å². The van der Waals surface area contributed by atoms with Gasteiger partial charge in [-0.2, -0.15) is 0 Å². The molecule has 4 rings (SSSR count). The molecule has 0 unspecified atom stereocenters. The molecule has 0 aromatic heterocycles. The second-order valence-electron chi connectivity index (χ2n) is 7.83. The summed E-state index contributed by atoms with van der Waals surface area (Å²) in [5, 5.41) is 3.31. The molecule has 2 heterocycles. The molecule has 2 aliphatic heterocycles. The van der Waals surface area contributed by atoms with Crippen molar-refractivity contribution in [1.82, 2.24) is 5.32 Å². The monoisotopic (exact) mass is 374 g/mol. The van der Waals surface area contributed by atoms with Gasteiger partial charge in [-0.15, -0.1) is 0 Å². The number of carbonyl (C=O) groups is 1. The SMILES string of the molecule is C=CCOc1ccccc1/C=C/[C@@]12NC(=O)CCN1c1ccccc1C2(C)C. The quantitative estimate of drug-likeness (QED) is 0.795. The Morgan fingerprint density at radius 3 is 2.75 bits per heavy atom. The molecule has 4 nitrogen and oxygen atoms in total. The zero-order valence-electron chi connectivity index (χ0n) is 16.4. The fourth-order valence-corrected chi connectivity index (χ4v) is 4.43. The van der Waals surface area contributed by atoms with Crippen LogP contribution in [0.1, 0.15) is 31.4 Å². The molecule has 1 fully saturated rings. The Kier molecular flexibility index (Phi) is 4.50. The highest BCUT2D eigenvalue weighted by atomic mass is 16.5. The van der Waals surface area contributed by atoms with E-state index in [0.717, 1.165) is 11.3 Å². The third-order valence-corrected chi connectivity index (χ3v) is 5.92. The lowest BCUT2D eigenvalue weighted by Gasteiger charge is -2.49. The van der Waals surface area contributed by atoms with E-state index in [1.54, 1.807) is 6.08 Å². The number of carbonyl (C=O) groups excluding carboxylic acids is 1. The average Bonchev–Trinajstić information content (AvgIpc) is 2.89. The van der Waals surface area contributed by atoms with Crippen molar-refractivity contribution in [2.24, 2.45) is 0 Å². The maximum Gasteiger partial charge on any atom is 0.223 e. The minimum absolute atomic E-state index is 0.0815. The Labute approximate surface area is 166 Å². The summed E-state index contributed by atoms with van der Waals surface area (Å²) < 4.78 is 5.80. The van der Waals surface area contributed by atoms with Gasteiger partial charge in [0.25, 0.3) is 0 Å². The summed E-state index contributed by atoms with van der Waals surface area (Å²) in [5.41, 5.74) is 2.52. The van der Waals surface area contributed by atoms with Gasteiger partial charge in [0.1, 0.15) is 18.0 Å². The lowest BCUT2D eigenvalue weighted by atomic mass is 9.74. The number of rotatable bonds is 5. The third-order valence-electron chi connectivity index (χ3n) is 5.92. The molecule has 4 heteroatoms. The minimum atomic E-state index is -0.614. The topological polar surface area (TPSA) is 41.6 Å². The standard InChI is InChI=1S/C24H26N2O2/c1-4-17-28-21-12-8-5-9-18(21)13-15-24-23(2,3)19-10-6-7-11-20(19)26(24)16-14-22(27)25-24/h4-13,15H,1,14,16-17H2,2-3H3,(H,25,27)/b15-13+/t24-/m1/s1. The van der Waals surface area contributed by atoms with Crippen molar-refractivity contribution in [2.45, 2.75) is 31.3 Å². The molecule has 0 saturated carbocycles. The van der Waals surface area contributed by atoms with E-state index in [-0.39, 0.29) is 11.3 Å². The molecule has 1 atom stereocenters. The summed E-state index contributed by atoms with van der Waals surface area (Å²) in [5.74, 6) is 0.884. The van der Waals surface area contributed by atoms with Gasteiger partial charge in [0.15, 0.2) is 0 Å². The van der Waals surface area contributed by atoms with E-state index in [1.165, 1.54) is 11.3 Å². The van der Waals surface area contributed by atoms with E-state index in [2.05, 4.69) is 67.1 Å². The summed E-state index contributed by atoms with van der Waals surface area (Å²) in [6.45, 7) is 9.27. The van der Waals surface area contributed by atoms with Gasteiger partial charge >= 0.3 is 0 Å². The Bertz CT molecular complexity index is 947. The number of nitrogens with zero attached hydrogens (tertiary/aromatic N) is 1. The number of fused-ring (bicyclic) bond motifs is 3. The molecular weight excluding hydrogens is 348 g/mol. The summed E-state index contributed by atoms with van der Waals surface area (Å²) in [7, 11) is 0. The van der Waals surface area contributed by atoms with Crippen molar-refractivity contribution in [3.05, 3.63) is 78.4 Å². The fourth-order valence-electron chi connectivity index (χ4n) is 4.43. The van der Waals surface area contributed by atoms with Crippen molar-refractivity contribution in [3.63, 3.8) is 0 Å². The largest absolute Gasteiger partial charge is 0.489 e. The van der Waals surface area contributed by atoms with E-state index in [1.807, 2.05) is 24.3 Å². The molecule has 2 aliphatic rings. The number of hydrogen-bond donors (Lipinski definition) is 1. The Hall–Kier alpha value is -3.01. The molecule has 0 radical (unpaired) electrons. The second-order valence-corrected chi connectivity index (χ2v) is 7.83. The first-order valence-electron chi connectivity index (χ1n) is 9.70. The van der Waals surface area contributed by atoms with E-state index >= 15 is 0 Å². The van der Waals surface area contributed by atoms with Crippen LogP contribution in [0, 0.1) is 0 Å². The first kappa shape index (κ1) is 18.4. The van der Waals surface area contributed by atoms with Gasteiger partial charge in [0, 0.05) is 29.6 Å². The van der Waals surface area contributed by atoms with E-state index < -0.39 is 5.66 Å². The molecule has 0 bridgehead atoms. The van der Waals surface area contributed by atoms with Crippen LogP contribution in [0.5, 0.6) is 5.75 Å². The zero-order chi connectivity index (χ0) is 19.8. The minimum Gasteiger partial charge on any atom is -0.489 e. The molecule has 2 aromatic carbocycles.